The lowest BCUT2D eigenvalue weighted by Crippen LogP contribution is -2.24. The van der Waals surface area contributed by atoms with Crippen molar-refractivity contribution in [2.24, 2.45) is 0 Å². The van der Waals surface area contributed by atoms with Crippen molar-refractivity contribution in [2.45, 2.75) is 12.3 Å². The molecule has 0 atom stereocenters. The van der Waals surface area contributed by atoms with Crippen LogP contribution in [-0.4, -0.2) is 28.9 Å². The summed E-state index contributed by atoms with van der Waals surface area (Å²) in [6, 6.07) is 12.8. The zero-order valence-corrected chi connectivity index (χ0v) is 17.3. The molecule has 0 saturated heterocycles. The molecule has 2 aromatic carbocycles. The summed E-state index contributed by atoms with van der Waals surface area (Å²) in [7, 11) is 1.59. The fourth-order valence-electron chi connectivity index (χ4n) is 2.32. The van der Waals surface area contributed by atoms with E-state index in [-0.39, 0.29) is 12.5 Å². The molecule has 1 amide bonds. The molecule has 9 heteroatoms. The predicted molar refractivity (Wildman–Crippen MR) is 111 cm³/mol. The van der Waals surface area contributed by atoms with Crippen molar-refractivity contribution in [3.63, 3.8) is 0 Å². The van der Waals surface area contributed by atoms with Gasteiger partial charge in [-0.25, -0.2) is 0 Å². The van der Waals surface area contributed by atoms with Crippen LogP contribution in [0.1, 0.15) is 11.5 Å². The van der Waals surface area contributed by atoms with E-state index in [1.54, 1.807) is 19.2 Å². The first kappa shape index (κ1) is 20.5. The Morgan fingerprint density at radius 1 is 1.21 bits per heavy atom. The summed E-state index contributed by atoms with van der Waals surface area (Å²) in [6.45, 7) is 0.170. The number of rotatable bonds is 8. The largest absolute Gasteiger partial charge is 0.497 e. The summed E-state index contributed by atoms with van der Waals surface area (Å²) in [4.78, 5) is 16.3. The minimum Gasteiger partial charge on any atom is -0.497 e. The number of methoxy groups -OCH3 is 1. The molecule has 146 valence electrons. The van der Waals surface area contributed by atoms with Crippen molar-refractivity contribution in [3.8, 4) is 17.1 Å². The number of hydrogen-bond acceptors (Lipinski definition) is 6. The van der Waals surface area contributed by atoms with Gasteiger partial charge >= 0.3 is 0 Å². The van der Waals surface area contributed by atoms with Crippen LogP contribution in [0.15, 0.2) is 47.0 Å². The number of benzene rings is 2. The molecule has 3 aromatic rings. The molecule has 6 nitrogen and oxygen atoms in total. The molecule has 1 N–H and O–H groups in total. The first-order valence-corrected chi connectivity index (χ1v) is 10.2. The highest BCUT2D eigenvalue weighted by molar-refractivity contribution is 7.99. The van der Waals surface area contributed by atoms with Gasteiger partial charge in [-0.15, -0.1) is 11.8 Å². The Labute approximate surface area is 176 Å². The van der Waals surface area contributed by atoms with Gasteiger partial charge in [-0.2, -0.15) is 4.98 Å². The number of ether oxygens (including phenoxy) is 1. The monoisotopic (exact) mass is 437 g/mol. The van der Waals surface area contributed by atoms with Crippen LogP contribution < -0.4 is 10.1 Å². The topological polar surface area (TPSA) is 77.3 Å². The first-order valence-electron chi connectivity index (χ1n) is 8.30. The Hall–Kier alpha value is -2.22. The van der Waals surface area contributed by atoms with E-state index in [1.165, 1.54) is 11.8 Å². The van der Waals surface area contributed by atoms with Crippen LogP contribution in [0, 0.1) is 0 Å². The lowest BCUT2D eigenvalue weighted by molar-refractivity contribution is -0.118. The van der Waals surface area contributed by atoms with Gasteiger partial charge in [0.25, 0.3) is 0 Å². The van der Waals surface area contributed by atoms with Gasteiger partial charge in [-0.05, 0) is 29.8 Å². The highest BCUT2D eigenvalue weighted by atomic mass is 35.5. The summed E-state index contributed by atoms with van der Waals surface area (Å²) >= 11 is 13.4. The van der Waals surface area contributed by atoms with Crippen molar-refractivity contribution in [1.29, 1.82) is 0 Å². The normalized spacial score (nSPS) is 10.7. The van der Waals surface area contributed by atoms with Crippen LogP contribution >= 0.6 is 35.0 Å². The fraction of sp³-hybridized carbons (Fsp3) is 0.211. The van der Waals surface area contributed by atoms with E-state index in [2.05, 4.69) is 15.5 Å². The number of nitrogens with zero attached hydrogens (tertiary/aromatic N) is 2. The average Bonchev–Trinajstić information content (AvgIpc) is 3.18. The number of amides is 1. The second kappa shape index (κ2) is 9.82. The molecule has 0 radical (unpaired) electrons. The molecule has 3 rings (SSSR count). The first-order chi connectivity index (χ1) is 13.5. The number of carbonyl (C=O) groups excluding carboxylic acids is 1. The molecule has 0 spiro atoms. The molecule has 0 unspecified atom stereocenters. The Kier molecular flexibility index (Phi) is 7.19. The zero-order valence-electron chi connectivity index (χ0n) is 14.9. The van der Waals surface area contributed by atoms with Crippen molar-refractivity contribution < 1.29 is 14.1 Å². The number of halogens is 2. The van der Waals surface area contributed by atoms with Crippen molar-refractivity contribution in [2.75, 3.05) is 12.9 Å². The van der Waals surface area contributed by atoms with E-state index in [9.17, 15) is 4.79 Å². The highest BCUT2D eigenvalue weighted by Crippen LogP contribution is 2.24. The maximum atomic E-state index is 12.0. The van der Waals surface area contributed by atoms with Gasteiger partial charge in [0.05, 0.1) is 29.5 Å². The third kappa shape index (κ3) is 5.64. The van der Waals surface area contributed by atoms with Gasteiger partial charge in [-0.3, -0.25) is 4.79 Å². The minimum absolute atomic E-state index is 0.119. The summed E-state index contributed by atoms with van der Waals surface area (Å²) in [5, 5.41) is 7.72. The van der Waals surface area contributed by atoms with Gasteiger partial charge in [-0.1, -0.05) is 46.6 Å². The number of nitrogens with one attached hydrogen (secondary N) is 1. The Bertz CT molecular complexity index is 965. The average molecular weight is 438 g/mol. The molecule has 0 saturated carbocycles. The number of aromatic nitrogens is 2. The Morgan fingerprint density at radius 3 is 2.86 bits per heavy atom. The van der Waals surface area contributed by atoms with E-state index in [4.69, 9.17) is 32.5 Å². The lowest BCUT2D eigenvalue weighted by atomic mass is 10.2. The SMILES string of the molecule is COc1cccc(-c2noc(CNC(=O)CSCc3ccc(Cl)c(Cl)c3)n2)c1. The smallest absolute Gasteiger partial charge is 0.246 e. The quantitative estimate of drug-likeness (QED) is 0.554. The molecule has 0 fully saturated rings. The minimum atomic E-state index is -0.119. The molecule has 0 aliphatic rings. The van der Waals surface area contributed by atoms with E-state index in [1.807, 2.05) is 30.3 Å². The van der Waals surface area contributed by atoms with Gasteiger partial charge in [0.15, 0.2) is 0 Å². The molecular weight excluding hydrogens is 421 g/mol. The summed E-state index contributed by atoms with van der Waals surface area (Å²) < 4.78 is 10.4. The van der Waals surface area contributed by atoms with Gasteiger partial charge in [0.1, 0.15) is 5.75 Å². The fourth-order valence-corrected chi connectivity index (χ4v) is 3.45. The van der Waals surface area contributed by atoms with Gasteiger partial charge in [0.2, 0.25) is 17.6 Å². The van der Waals surface area contributed by atoms with Crippen LogP contribution in [0.25, 0.3) is 11.4 Å². The van der Waals surface area contributed by atoms with E-state index in [0.717, 1.165) is 11.1 Å². The molecule has 28 heavy (non-hydrogen) atoms. The highest BCUT2D eigenvalue weighted by Gasteiger charge is 2.11. The van der Waals surface area contributed by atoms with Crippen molar-refractivity contribution >= 4 is 40.9 Å². The molecule has 1 heterocycles. The number of carbonyl (C=O) groups is 1. The lowest BCUT2D eigenvalue weighted by Gasteiger charge is -2.04. The second-order valence-electron chi connectivity index (χ2n) is 5.76. The molecule has 0 bridgehead atoms. The summed E-state index contributed by atoms with van der Waals surface area (Å²) in [5.74, 6) is 2.32. The number of thioether (sulfide) groups is 1. The molecular formula is C19H17Cl2N3O3S. The van der Waals surface area contributed by atoms with Crippen molar-refractivity contribution in [1.82, 2.24) is 15.5 Å². The van der Waals surface area contributed by atoms with Gasteiger partial charge in [0, 0.05) is 11.3 Å². The van der Waals surface area contributed by atoms with Crippen LogP contribution in [0.3, 0.4) is 0 Å². The summed E-state index contributed by atoms with van der Waals surface area (Å²) in [5.41, 5.74) is 1.78. The third-order valence-electron chi connectivity index (χ3n) is 3.72. The third-order valence-corrected chi connectivity index (χ3v) is 5.46. The van der Waals surface area contributed by atoms with Gasteiger partial charge < -0.3 is 14.6 Å². The van der Waals surface area contributed by atoms with Crippen molar-refractivity contribution in [3.05, 3.63) is 64.0 Å². The Balaban J connectivity index is 1.45. The number of hydrogen-bond donors (Lipinski definition) is 1. The van der Waals surface area contributed by atoms with Crippen LogP contribution in [0.4, 0.5) is 0 Å². The Morgan fingerprint density at radius 2 is 2.07 bits per heavy atom. The van der Waals surface area contributed by atoms with E-state index < -0.39 is 0 Å². The summed E-state index contributed by atoms with van der Waals surface area (Å²) in [6.07, 6.45) is 0. The maximum absolute atomic E-state index is 12.0. The maximum Gasteiger partial charge on any atom is 0.246 e. The molecule has 0 aliphatic heterocycles. The predicted octanol–water partition coefficient (Wildman–Crippen LogP) is 4.60. The van der Waals surface area contributed by atoms with E-state index in [0.29, 0.717) is 39.0 Å². The van der Waals surface area contributed by atoms with Crippen LogP contribution in [0.2, 0.25) is 10.0 Å². The van der Waals surface area contributed by atoms with Crippen LogP contribution in [0.5, 0.6) is 5.75 Å². The standard InChI is InChI=1S/C19H17Cl2N3O3S/c1-26-14-4-2-3-13(8-14)19-23-18(27-24-19)9-22-17(25)11-28-10-12-5-6-15(20)16(21)7-12/h2-8H,9-11H2,1H3,(H,22,25). The van der Waals surface area contributed by atoms with E-state index >= 15 is 0 Å². The second-order valence-corrected chi connectivity index (χ2v) is 7.56. The molecule has 1 aromatic heterocycles. The zero-order chi connectivity index (χ0) is 19.9. The van der Waals surface area contributed by atoms with Crippen LogP contribution in [-0.2, 0) is 17.1 Å². The molecule has 0 aliphatic carbocycles.